The standard InChI is InChI=1S/C16H23N3/c1-4-9-19-12-15(11-18-19)10-17-14(3)16-8-6-5-7-13(16)2/h5-8,11-12,14,17H,4,9-10H2,1-3H3/t14-/m1/s1. The van der Waals surface area contributed by atoms with Crippen LogP contribution in [0, 0.1) is 6.92 Å². The summed E-state index contributed by atoms with van der Waals surface area (Å²) in [6, 6.07) is 8.89. The molecule has 0 fully saturated rings. The molecule has 19 heavy (non-hydrogen) atoms. The Morgan fingerprint density at radius 2 is 2.11 bits per heavy atom. The number of rotatable bonds is 6. The third kappa shape index (κ3) is 3.67. The first-order valence-corrected chi connectivity index (χ1v) is 7.01. The van der Waals surface area contributed by atoms with Crippen LogP contribution in [-0.2, 0) is 13.1 Å². The second-order valence-corrected chi connectivity index (χ2v) is 5.07. The SMILES string of the molecule is CCCn1cc(CN[C@H](C)c2ccccc2C)cn1. The molecule has 3 heteroatoms. The number of hydrogen-bond donors (Lipinski definition) is 1. The molecule has 0 aliphatic rings. The number of nitrogens with one attached hydrogen (secondary N) is 1. The zero-order chi connectivity index (χ0) is 13.7. The van der Waals surface area contributed by atoms with Crippen molar-refractivity contribution in [1.29, 1.82) is 0 Å². The van der Waals surface area contributed by atoms with E-state index in [1.165, 1.54) is 16.7 Å². The van der Waals surface area contributed by atoms with Gasteiger partial charge in [0.25, 0.3) is 0 Å². The summed E-state index contributed by atoms with van der Waals surface area (Å²) in [5.41, 5.74) is 3.95. The number of hydrogen-bond acceptors (Lipinski definition) is 2. The molecule has 102 valence electrons. The molecular formula is C16H23N3. The van der Waals surface area contributed by atoms with E-state index in [0.717, 1.165) is 19.5 Å². The molecule has 1 aromatic carbocycles. The third-order valence-electron chi connectivity index (χ3n) is 3.41. The van der Waals surface area contributed by atoms with Gasteiger partial charge < -0.3 is 5.32 Å². The van der Waals surface area contributed by atoms with Crippen LogP contribution in [0.1, 0.15) is 43.0 Å². The van der Waals surface area contributed by atoms with E-state index >= 15 is 0 Å². The Bertz CT molecular complexity index is 516. The summed E-state index contributed by atoms with van der Waals surface area (Å²) in [6.45, 7) is 8.39. The summed E-state index contributed by atoms with van der Waals surface area (Å²) in [5, 5.41) is 7.91. The summed E-state index contributed by atoms with van der Waals surface area (Å²) >= 11 is 0. The normalized spacial score (nSPS) is 12.6. The van der Waals surface area contributed by atoms with Crippen molar-refractivity contribution in [3.05, 3.63) is 53.3 Å². The lowest BCUT2D eigenvalue weighted by atomic mass is 10.0. The van der Waals surface area contributed by atoms with E-state index in [4.69, 9.17) is 0 Å². The van der Waals surface area contributed by atoms with Gasteiger partial charge in [-0.05, 0) is 31.4 Å². The van der Waals surface area contributed by atoms with Crippen LogP contribution in [0.4, 0.5) is 0 Å². The topological polar surface area (TPSA) is 29.9 Å². The fourth-order valence-corrected chi connectivity index (χ4v) is 2.30. The predicted octanol–water partition coefficient (Wildman–Crippen LogP) is 3.45. The highest BCUT2D eigenvalue weighted by molar-refractivity contribution is 5.28. The van der Waals surface area contributed by atoms with Gasteiger partial charge in [-0.15, -0.1) is 0 Å². The maximum atomic E-state index is 4.35. The summed E-state index contributed by atoms with van der Waals surface area (Å²) in [5.74, 6) is 0. The van der Waals surface area contributed by atoms with Crippen LogP contribution in [0.5, 0.6) is 0 Å². The maximum Gasteiger partial charge on any atom is 0.0534 e. The van der Waals surface area contributed by atoms with Crippen molar-refractivity contribution >= 4 is 0 Å². The number of benzene rings is 1. The van der Waals surface area contributed by atoms with Gasteiger partial charge in [-0.25, -0.2) is 0 Å². The van der Waals surface area contributed by atoms with Crippen LogP contribution < -0.4 is 5.32 Å². The van der Waals surface area contributed by atoms with Crippen LogP contribution in [-0.4, -0.2) is 9.78 Å². The average Bonchev–Trinajstić information content (AvgIpc) is 2.85. The lowest BCUT2D eigenvalue weighted by molar-refractivity contribution is 0.569. The number of nitrogens with zero attached hydrogens (tertiary/aromatic N) is 2. The molecule has 2 rings (SSSR count). The Morgan fingerprint density at radius 1 is 1.32 bits per heavy atom. The Morgan fingerprint density at radius 3 is 2.84 bits per heavy atom. The smallest absolute Gasteiger partial charge is 0.0534 e. The first kappa shape index (κ1) is 13.8. The monoisotopic (exact) mass is 257 g/mol. The van der Waals surface area contributed by atoms with Crippen LogP contribution in [0.3, 0.4) is 0 Å². The lowest BCUT2D eigenvalue weighted by Crippen LogP contribution is -2.18. The molecule has 0 saturated heterocycles. The van der Waals surface area contributed by atoms with Crippen molar-refractivity contribution in [3.63, 3.8) is 0 Å². The molecule has 1 aromatic heterocycles. The van der Waals surface area contributed by atoms with Crippen LogP contribution >= 0.6 is 0 Å². The van der Waals surface area contributed by atoms with Crippen molar-refractivity contribution in [2.75, 3.05) is 0 Å². The van der Waals surface area contributed by atoms with Gasteiger partial charge in [-0.2, -0.15) is 5.10 Å². The van der Waals surface area contributed by atoms with E-state index in [1.807, 2.05) is 10.9 Å². The molecule has 1 atom stereocenters. The Kier molecular flexibility index (Phi) is 4.74. The molecule has 0 saturated carbocycles. The summed E-state index contributed by atoms with van der Waals surface area (Å²) in [6.07, 6.45) is 5.20. The zero-order valence-corrected chi connectivity index (χ0v) is 12.1. The quantitative estimate of drug-likeness (QED) is 0.859. The molecule has 1 N–H and O–H groups in total. The first-order chi connectivity index (χ1) is 9.20. The molecule has 0 spiro atoms. The molecule has 0 unspecified atom stereocenters. The Hall–Kier alpha value is -1.61. The molecule has 0 aliphatic heterocycles. The number of aryl methyl sites for hydroxylation is 2. The third-order valence-corrected chi connectivity index (χ3v) is 3.41. The molecule has 3 nitrogen and oxygen atoms in total. The van der Waals surface area contributed by atoms with Gasteiger partial charge in [-0.3, -0.25) is 4.68 Å². The maximum absolute atomic E-state index is 4.35. The van der Waals surface area contributed by atoms with E-state index in [9.17, 15) is 0 Å². The lowest BCUT2D eigenvalue weighted by Gasteiger charge is -2.15. The fourth-order valence-electron chi connectivity index (χ4n) is 2.30. The van der Waals surface area contributed by atoms with Crippen LogP contribution in [0.25, 0.3) is 0 Å². The molecule has 0 aliphatic carbocycles. The number of aromatic nitrogens is 2. The summed E-state index contributed by atoms with van der Waals surface area (Å²) in [7, 11) is 0. The van der Waals surface area contributed by atoms with E-state index in [0.29, 0.717) is 6.04 Å². The molecule has 0 amide bonds. The molecule has 2 aromatic rings. The highest BCUT2D eigenvalue weighted by Gasteiger charge is 2.07. The van der Waals surface area contributed by atoms with Crippen molar-refractivity contribution in [1.82, 2.24) is 15.1 Å². The highest BCUT2D eigenvalue weighted by Crippen LogP contribution is 2.17. The van der Waals surface area contributed by atoms with Crippen molar-refractivity contribution in [3.8, 4) is 0 Å². The van der Waals surface area contributed by atoms with E-state index in [1.54, 1.807) is 0 Å². The first-order valence-electron chi connectivity index (χ1n) is 7.01. The van der Waals surface area contributed by atoms with E-state index in [-0.39, 0.29) is 0 Å². The van der Waals surface area contributed by atoms with Crippen molar-refractivity contribution < 1.29 is 0 Å². The Labute approximate surface area is 115 Å². The van der Waals surface area contributed by atoms with Gasteiger partial charge in [0.1, 0.15) is 0 Å². The second kappa shape index (κ2) is 6.53. The fraction of sp³-hybridized carbons (Fsp3) is 0.438. The van der Waals surface area contributed by atoms with Gasteiger partial charge in [0.05, 0.1) is 6.20 Å². The van der Waals surface area contributed by atoms with E-state index < -0.39 is 0 Å². The predicted molar refractivity (Wildman–Crippen MR) is 79.0 cm³/mol. The van der Waals surface area contributed by atoms with Gasteiger partial charge in [0.15, 0.2) is 0 Å². The molecule has 0 radical (unpaired) electrons. The van der Waals surface area contributed by atoms with Gasteiger partial charge in [0.2, 0.25) is 0 Å². The van der Waals surface area contributed by atoms with Gasteiger partial charge >= 0.3 is 0 Å². The van der Waals surface area contributed by atoms with Crippen molar-refractivity contribution in [2.24, 2.45) is 0 Å². The minimum absolute atomic E-state index is 0.357. The van der Waals surface area contributed by atoms with Crippen LogP contribution in [0.15, 0.2) is 36.7 Å². The van der Waals surface area contributed by atoms with Gasteiger partial charge in [-0.1, -0.05) is 31.2 Å². The summed E-state index contributed by atoms with van der Waals surface area (Å²) in [4.78, 5) is 0. The minimum atomic E-state index is 0.357. The molecule has 0 bridgehead atoms. The summed E-state index contributed by atoms with van der Waals surface area (Å²) < 4.78 is 2.01. The minimum Gasteiger partial charge on any atom is -0.306 e. The zero-order valence-electron chi connectivity index (χ0n) is 12.1. The average molecular weight is 257 g/mol. The van der Waals surface area contributed by atoms with Crippen molar-refractivity contribution in [2.45, 2.75) is 46.3 Å². The second-order valence-electron chi connectivity index (χ2n) is 5.07. The largest absolute Gasteiger partial charge is 0.306 e. The van der Waals surface area contributed by atoms with Gasteiger partial charge in [0, 0.05) is 30.9 Å². The molecule has 1 heterocycles. The Balaban J connectivity index is 1.92. The highest BCUT2D eigenvalue weighted by atomic mass is 15.3. The van der Waals surface area contributed by atoms with E-state index in [2.05, 4.69) is 61.6 Å². The molecular weight excluding hydrogens is 234 g/mol. The van der Waals surface area contributed by atoms with Crippen LogP contribution in [0.2, 0.25) is 0 Å².